The summed E-state index contributed by atoms with van der Waals surface area (Å²) in [6, 6.07) is 4.98. The van der Waals surface area contributed by atoms with Crippen LogP contribution in [0, 0.1) is 5.92 Å². The van der Waals surface area contributed by atoms with E-state index in [-0.39, 0.29) is 0 Å². The van der Waals surface area contributed by atoms with Crippen LogP contribution in [-0.4, -0.2) is 24.6 Å². The molecule has 1 aliphatic carbocycles. The normalized spacial score (nSPS) is 23.1. The lowest BCUT2D eigenvalue weighted by Gasteiger charge is -2.37. The third kappa shape index (κ3) is 3.62. The molecule has 2 unspecified atom stereocenters. The standard InChI is InChI=1S/C16H27N3/c1-4-10-17-16-12-14(9-11-18-16)19(3)15-8-6-5-7-13(15)2/h9,11-13,15H,4-8,10H2,1-3H3,(H,17,18). The van der Waals surface area contributed by atoms with E-state index in [0.717, 1.165) is 24.7 Å². The number of pyridine rings is 1. The summed E-state index contributed by atoms with van der Waals surface area (Å²) < 4.78 is 0. The van der Waals surface area contributed by atoms with E-state index in [1.54, 1.807) is 0 Å². The molecule has 1 aliphatic rings. The lowest BCUT2D eigenvalue weighted by atomic mass is 9.85. The molecule has 0 saturated heterocycles. The molecule has 3 heteroatoms. The van der Waals surface area contributed by atoms with Crippen molar-refractivity contribution in [3.05, 3.63) is 18.3 Å². The molecule has 0 bridgehead atoms. The maximum absolute atomic E-state index is 4.39. The molecule has 106 valence electrons. The highest BCUT2D eigenvalue weighted by Gasteiger charge is 2.25. The summed E-state index contributed by atoms with van der Waals surface area (Å²) in [4.78, 5) is 6.83. The lowest BCUT2D eigenvalue weighted by Crippen LogP contribution is -2.39. The minimum absolute atomic E-state index is 0.676. The molecule has 0 aliphatic heterocycles. The first-order chi connectivity index (χ1) is 9.22. The average Bonchev–Trinajstić information content (AvgIpc) is 2.45. The molecule has 1 aromatic heterocycles. The van der Waals surface area contributed by atoms with E-state index in [2.05, 4.69) is 48.2 Å². The number of nitrogens with zero attached hydrogens (tertiary/aromatic N) is 2. The Bertz CT molecular complexity index is 391. The zero-order valence-corrected chi connectivity index (χ0v) is 12.5. The molecule has 1 N–H and O–H groups in total. The van der Waals surface area contributed by atoms with E-state index in [1.807, 2.05) is 6.20 Å². The molecule has 0 radical (unpaired) electrons. The van der Waals surface area contributed by atoms with Gasteiger partial charge in [0.25, 0.3) is 0 Å². The zero-order valence-electron chi connectivity index (χ0n) is 12.5. The van der Waals surface area contributed by atoms with Crippen LogP contribution in [0.3, 0.4) is 0 Å². The van der Waals surface area contributed by atoms with Gasteiger partial charge in [-0.05, 0) is 31.2 Å². The van der Waals surface area contributed by atoms with Gasteiger partial charge in [-0.15, -0.1) is 0 Å². The highest BCUT2D eigenvalue weighted by Crippen LogP contribution is 2.30. The summed E-state index contributed by atoms with van der Waals surface area (Å²) in [5.41, 5.74) is 1.28. The van der Waals surface area contributed by atoms with Gasteiger partial charge in [0.05, 0.1) is 0 Å². The van der Waals surface area contributed by atoms with Gasteiger partial charge in [0.15, 0.2) is 0 Å². The van der Waals surface area contributed by atoms with Crippen molar-refractivity contribution in [3.63, 3.8) is 0 Å². The largest absolute Gasteiger partial charge is 0.371 e. The van der Waals surface area contributed by atoms with Crippen LogP contribution < -0.4 is 10.2 Å². The Morgan fingerprint density at radius 2 is 2.16 bits per heavy atom. The molecule has 0 aromatic carbocycles. The van der Waals surface area contributed by atoms with Crippen LogP contribution in [-0.2, 0) is 0 Å². The Balaban J connectivity index is 2.07. The topological polar surface area (TPSA) is 28.2 Å². The Hall–Kier alpha value is -1.25. The first-order valence-corrected chi connectivity index (χ1v) is 7.65. The second-order valence-corrected chi connectivity index (χ2v) is 5.77. The predicted octanol–water partition coefficient (Wildman–Crippen LogP) is 3.92. The minimum Gasteiger partial charge on any atom is -0.371 e. The molecule has 2 atom stereocenters. The Morgan fingerprint density at radius 3 is 2.89 bits per heavy atom. The summed E-state index contributed by atoms with van der Waals surface area (Å²) in [6.07, 6.45) is 8.48. The van der Waals surface area contributed by atoms with Crippen LogP contribution in [0.2, 0.25) is 0 Å². The van der Waals surface area contributed by atoms with Crippen molar-refractivity contribution < 1.29 is 0 Å². The van der Waals surface area contributed by atoms with E-state index >= 15 is 0 Å². The van der Waals surface area contributed by atoms with Crippen molar-refractivity contribution in [2.24, 2.45) is 5.92 Å². The second kappa shape index (κ2) is 6.78. The van der Waals surface area contributed by atoms with Crippen LogP contribution in [0.25, 0.3) is 0 Å². The van der Waals surface area contributed by atoms with Gasteiger partial charge < -0.3 is 10.2 Å². The number of aromatic nitrogens is 1. The van der Waals surface area contributed by atoms with Crippen LogP contribution in [0.4, 0.5) is 11.5 Å². The van der Waals surface area contributed by atoms with Gasteiger partial charge in [0.1, 0.15) is 5.82 Å². The number of nitrogens with one attached hydrogen (secondary N) is 1. The van der Waals surface area contributed by atoms with Crippen molar-refractivity contribution in [2.75, 3.05) is 23.8 Å². The van der Waals surface area contributed by atoms with Crippen LogP contribution in [0.5, 0.6) is 0 Å². The summed E-state index contributed by atoms with van der Waals surface area (Å²) in [6.45, 7) is 5.55. The fourth-order valence-electron chi connectivity index (χ4n) is 3.05. The smallest absolute Gasteiger partial charge is 0.127 e. The lowest BCUT2D eigenvalue weighted by molar-refractivity contribution is 0.321. The van der Waals surface area contributed by atoms with Crippen molar-refractivity contribution in [1.82, 2.24) is 4.98 Å². The quantitative estimate of drug-likeness (QED) is 0.870. The number of anilines is 2. The number of rotatable bonds is 5. The van der Waals surface area contributed by atoms with E-state index in [9.17, 15) is 0 Å². The molecule has 1 heterocycles. The van der Waals surface area contributed by atoms with E-state index in [4.69, 9.17) is 0 Å². The van der Waals surface area contributed by atoms with Crippen molar-refractivity contribution in [2.45, 2.75) is 52.0 Å². The highest BCUT2D eigenvalue weighted by atomic mass is 15.1. The van der Waals surface area contributed by atoms with E-state index in [0.29, 0.717) is 6.04 Å². The van der Waals surface area contributed by atoms with Crippen LogP contribution >= 0.6 is 0 Å². The molecule has 1 saturated carbocycles. The molecular weight excluding hydrogens is 234 g/mol. The molecule has 1 aromatic rings. The molecule has 3 nitrogen and oxygen atoms in total. The van der Waals surface area contributed by atoms with Gasteiger partial charge in [0, 0.05) is 37.6 Å². The molecule has 1 fully saturated rings. The summed E-state index contributed by atoms with van der Waals surface area (Å²) in [7, 11) is 2.23. The van der Waals surface area contributed by atoms with Gasteiger partial charge >= 0.3 is 0 Å². The third-order valence-corrected chi connectivity index (χ3v) is 4.27. The molecule has 0 amide bonds. The van der Waals surface area contributed by atoms with Crippen molar-refractivity contribution in [3.8, 4) is 0 Å². The SMILES string of the molecule is CCCNc1cc(N(C)C2CCCCC2C)ccn1. The van der Waals surface area contributed by atoms with Gasteiger partial charge in [0.2, 0.25) is 0 Å². The Morgan fingerprint density at radius 1 is 1.37 bits per heavy atom. The van der Waals surface area contributed by atoms with Gasteiger partial charge in [-0.2, -0.15) is 0 Å². The first kappa shape index (κ1) is 14.2. The monoisotopic (exact) mass is 261 g/mol. The second-order valence-electron chi connectivity index (χ2n) is 5.77. The van der Waals surface area contributed by atoms with E-state index in [1.165, 1.54) is 31.4 Å². The van der Waals surface area contributed by atoms with Gasteiger partial charge in [-0.3, -0.25) is 0 Å². The van der Waals surface area contributed by atoms with Gasteiger partial charge in [-0.1, -0.05) is 26.7 Å². The van der Waals surface area contributed by atoms with Gasteiger partial charge in [-0.25, -0.2) is 4.98 Å². The zero-order chi connectivity index (χ0) is 13.7. The Kier molecular flexibility index (Phi) is 5.06. The van der Waals surface area contributed by atoms with Crippen molar-refractivity contribution in [1.29, 1.82) is 0 Å². The molecule has 2 rings (SSSR count). The van der Waals surface area contributed by atoms with E-state index < -0.39 is 0 Å². The predicted molar refractivity (Wildman–Crippen MR) is 82.8 cm³/mol. The fraction of sp³-hybridized carbons (Fsp3) is 0.688. The minimum atomic E-state index is 0.676. The summed E-state index contributed by atoms with van der Waals surface area (Å²) in [5, 5.41) is 3.37. The molecular formula is C16H27N3. The highest BCUT2D eigenvalue weighted by molar-refractivity contribution is 5.54. The Labute approximate surface area is 117 Å². The fourth-order valence-corrected chi connectivity index (χ4v) is 3.05. The number of hydrogen-bond donors (Lipinski definition) is 1. The maximum atomic E-state index is 4.39. The summed E-state index contributed by atoms with van der Waals surface area (Å²) >= 11 is 0. The molecule has 0 spiro atoms. The number of hydrogen-bond acceptors (Lipinski definition) is 3. The summed E-state index contributed by atoms with van der Waals surface area (Å²) in [5.74, 6) is 1.79. The first-order valence-electron chi connectivity index (χ1n) is 7.65. The molecule has 19 heavy (non-hydrogen) atoms. The average molecular weight is 261 g/mol. The third-order valence-electron chi connectivity index (χ3n) is 4.27. The van der Waals surface area contributed by atoms with Crippen LogP contribution in [0.15, 0.2) is 18.3 Å². The maximum Gasteiger partial charge on any atom is 0.127 e. The van der Waals surface area contributed by atoms with Crippen LogP contribution in [0.1, 0.15) is 46.0 Å². The van der Waals surface area contributed by atoms with Crippen molar-refractivity contribution >= 4 is 11.5 Å².